The molecule has 0 aliphatic carbocycles. The third-order valence-electron chi connectivity index (χ3n) is 5.88. The van der Waals surface area contributed by atoms with Crippen LogP contribution in [0.2, 0.25) is 10.0 Å². The fourth-order valence-electron chi connectivity index (χ4n) is 4.12. The Labute approximate surface area is 217 Å². The molecule has 0 saturated carbocycles. The van der Waals surface area contributed by atoms with Crippen LogP contribution in [0.1, 0.15) is 25.5 Å². The Bertz CT molecular complexity index is 1380. The van der Waals surface area contributed by atoms with E-state index >= 15 is 0 Å². The average Bonchev–Trinajstić information content (AvgIpc) is 3.59. The lowest BCUT2D eigenvalue weighted by molar-refractivity contribution is -0.189. The van der Waals surface area contributed by atoms with Crippen molar-refractivity contribution in [3.63, 3.8) is 0 Å². The number of halogens is 2. The van der Waals surface area contributed by atoms with Crippen molar-refractivity contribution in [3.8, 4) is 11.4 Å². The van der Waals surface area contributed by atoms with E-state index in [1.165, 1.54) is 15.6 Å². The Morgan fingerprint density at radius 2 is 1.97 bits per heavy atom. The molecule has 4 aromatic rings. The van der Waals surface area contributed by atoms with Crippen molar-refractivity contribution in [1.29, 1.82) is 0 Å². The van der Waals surface area contributed by atoms with Gasteiger partial charge in [-0.1, -0.05) is 29.3 Å². The molecule has 0 bridgehead atoms. The molecule has 2 aromatic heterocycles. The predicted octanol–water partition coefficient (Wildman–Crippen LogP) is 4.47. The molecule has 0 N–H and O–H groups in total. The van der Waals surface area contributed by atoms with Gasteiger partial charge in [0.25, 0.3) is 0 Å². The number of hydrogen-bond donors (Lipinski definition) is 0. The highest BCUT2D eigenvalue weighted by atomic mass is 35.5. The number of benzene rings is 2. The second-order valence-electron chi connectivity index (χ2n) is 8.79. The molecule has 11 heteroatoms. The van der Waals surface area contributed by atoms with E-state index in [9.17, 15) is 4.79 Å². The fourth-order valence-corrected chi connectivity index (χ4v) is 4.67. The van der Waals surface area contributed by atoms with E-state index in [0.717, 1.165) is 0 Å². The molecule has 2 atom stereocenters. The maximum Gasteiger partial charge on any atom is 0.350 e. The van der Waals surface area contributed by atoms with E-state index in [4.69, 9.17) is 37.4 Å². The Kier molecular flexibility index (Phi) is 6.90. The highest BCUT2D eigenvalue weighted by Crippen LogP contribution is 2.40. The van der Waals surface area contributed by atoms with Crippen molar-refractivity contribution in [3.05, 3.63) is 93.6 Å². The van der Waals surface area contributed by atoms with Crippen LogP contribution in [0.4, 0.5) is 0 Å². The molecule has 0 unspecified atom stereocenters. The van der Waals surface area contributed by atoms with E-state index in [-0.39, 0.29) is 24.4 Å². The summed E-state index contributed by atoms with van der Waals surface area (Å²) in [7, 11) is 0. The topological polar surface area (TPSA) is 85.3 Å². The number of ether oxygens (including phenoxy) is 3. The minimum atomic E-state index is -1.11. The number of nitrogens with zero attached hydrogens (tertiary/aromatic N) is 5. The third kappa shape index (κ3) is 4.92. The average molecular weight is 530 g/mol. The van der Waals surface area contributed by atoms with Gasteiger partial charge in [0.1, 0.15) is 24.8 Å². The van der Waals surface area contributed by atoms with Crippen molar-refractivity contribution in [2.45, 2.75) is 38.3 Å². The molecule has 1 saturated heterocycles. The third-order valence-corrected chi connectivity index (χ3v) is 6.43. The van der Waals surface area contributed by atoms with Gasteiger partial charge in [0, 0.05) is 23.0 Å². The molecule has 36 heavy (non-hydrogen) atoms. The van der Waals surface area contributed by atoms with Gasteiger partial charge in [-0.2, -0.15) is 5.10 Å². The second kappa shape index (κ2) is 10.1. The number of rotatable bonds is 8. The van der Waals surface area contributed by atoms with Gasteiger partial charge in [-0.3, -0.25) is 0 Å². The summed E-state index contributed by atoms with van der Waals surface area (Å²) < 4.78 is 23.4. The highest BCUT2D eigenvalue weighted by molar-refractivity contribution is 6.35. The van der Waals surface area contributed by atoms with Crippen LogP contribution in [0.5, 0.6) is 5.75 Å². The summed E-state index contributed by atoms with van der Waals surface area (Å²) in [6.07, 6.45) is 6.40. The maximum absolute atomic E-state index is 12.5. The normalized spacial score (nSPS) is 19.8. The molecule has 1 aliphatic rings. The van der Waals surface area contributed by atoms with Crippen LogP contribution in [0.15, 0.2) is 72.3 Å². The zero-order valence-corrected chi connectivity index (χ0v) is 21.3. The minimum absolute atomic E-state index is 0.0152. The van der Waals surface area contributed by atoms with Crippen LogP contribution in [-0.2, 0) is 21.8 Å². The first-order valence-corrected chi connectivity index (χ1v) is 12.2. The van der Waals surface area contributed by atoms with Crippen LogP contribution < -0.4 is 10.4 Å². The van der Waals surface area contributed by atoms with Crippen molar-refractivity contribution in [1.82, 2.24) is 23.9 Å². The largest absolute Gasteiger partial charge is 0.491 e. The standard InChI is InChI=1S/C25H25Cl2N5O4/c1-17(2)32-24(33)31(16-29-32)19-4-6-20(7-5-19)34-12-21-13-35-25(36-21,14-30-10-9-28-15-30)22-8-3-18(26)11-23(22)27/h3-11,15-17,21H,12-14H2,1-2H3/t21-,25-/m1/s1. The zero-order chi connectivity index (χ0) is 25.3. The molecule has 0 radical (unpaired) electrons. The van der Waals surface area contributed by atoms with Crippen molar-refractivity contribution in [2.75, 3.05) is 13.2 Å². The lowest BCUT2D eigenvalue weighted by Crippen LogP contribution is -2.34. The highest BCUT2D eigenvalue weighted by Gasteiger charge is 2.45. The Morgan fingerprint density at radius 3 is 2.64 bits per heavy atom. The van der Waals surface area contributed by atoms with E-state index in [1.807, 2.05) is 42.8 Å². The van der Waals surface area contributed by atoms with Gasteiger partial charge in [-0.15, -0.1) is 0 Å². The van der Waals surface area contributed by atoms with Crippen molar-refractivity contribution in [2.24, 2.45) is 0 Å². The summed E-state index contributed by atoms with van der Waals surface area (Å²) >= 11 is 12.6. The van der Waals surface area contributed by atoms with Crippen LogP contribution in [0.25, 0.3) is 5.69 Å². The monoisotopic (exact) mass is 529 g/mol. The van der Waals surface area contributed by atoms with E-state index in [0.29, 0.717) is 40.2 Å². The summed E-state index contributed by atoms with van der Waals surface area (Å²) in [4.78, 5) is 16.6. The molecule has 3 heterocycles. The first-order chi connectivity index (χ1) is 17.3. The molecular formula is C25H25Cl2N5O4. The summed E-state index contributed by atoms with van der Waals surface area (Å²) in [6.45, 7) is 4.76. The van der Waals surface area contributed by atoms with Gasteiger partial charge in [-0.25, -0.2) is 19.0 Å². The summed E-state index contributed by atoms with van der Waals surface area (Å²) in [6, 6.07) is 12.5. The van der Waals surface area contributed by atoms with E-state index in [1.54, 1.807) is 36.8 Å². The molecule has 9 nitrogen and oxygen atoms in total. The molecule has 0 spiro atoms. The predicted molar refractivity (Wildman–Crippen MR) is 135 cm³/mol. The quantitative estimate of drug-likeness (QED) is 0.334. The smallest absolute Gasteiger partial charge is 0.350 e. The van der Waals surface area contributed by atoms with Gasteiger partial charge in [0.05, 0.1) is 36.2 Å². The van der Waals surface area contributed by atoms with Gasteiger partial charge in [0.2, 0.25) is 5.79 Å². The summed E-state index contributed by atoms with van der Waals surface area (Å²) in [5.41, 5.74) is 1.20. The molecule has 5 rings (SSSR count). The minimum Gasteiger partial charge on any atom is -0.491 e. The Morgan fingerprint density at radius 1 is 1.17 bits per heavy atom. The molecule has 0 amide bonds. The zero-order valence-electron chi connectivity index (χ0n) is 19.8. The van der Waals surface area contributed by atoms with Crippen molar-refractivity contribution >= 4 is 23.2 Å². The Hall–Kier alpha value is -3.11. The van der Waals surface area contributed by atoms with Gasteiger partial charge >= 0.3 is 5.69 Å². The fraction of sp³-hybridized carbons (Fsp3) is 0.320. The SMILES string of the molecule is CC(C)n1ncn(-c2ccc(OC[C@@H]3CO[C@@](Cn4ccnc4)(c4ccc(Cl)cc4Cl)O3)cc2)c1=O. The van der Waals surface area contributed by atoms with Crippen LogP contribution in [-0.4, -0.2) is 43.2 Å². The van der Waals surface area contributed by atoms with Gasteiger partial charge in [-0.05, 0) is 50.2 Å². The molecule has 1 aliphatic heterocycles. The maximum atomic E-state index is 12.5. The Balaban J connectivity index is 1.28. The van der Waals surface area contributed by atoms with Crippen LogP contribution >= 0.6 is 23.2 Å². The molecular weight excluding hydrogens is 505 g/mol. The lowest BCUT2D eigenvalue weighted by Gasteiger charge is -2.30. The first-order valence-electron chi connectivity index (χ1n) is 11.5. The number of imidazole rings is 1. The second-order valence-corrected chi connectivity index (χ2v) is 9.63. The van der Waals surface area contributed by atoms with Crippen LogP contribution in [0, 0.1) is 0 Å². The number of aromatic nitrogens is 5. The van der Waals surface area contributed by atoms with Gasteiger partial charge in [0.15, 0.2) is 0 Å². The molecule has 2 aromatic carbocycles. The lowest BCUT2D eigenvalue weighted by atomic mass is 10.1. The number of hydrogen-bond acceptors (Lipinski definition) is 6. The van der Waals surface area contributed by atoms with Gasteiger partial charge < -0.3 is 18.8 Å². The van der Waals surface area contributed by atoms with E-state index in [2.05, 4.69) is 10.1 Å². The van der Waals surface area contributed by atoms with Crippen LogP contribution in [0.3, 0.4) is 0 Å². The van der Waals surface area contributed by atoms with Crippen molar-refractivity contribution < 1.29 is 14.2 Å². The summed E-state index contributed by atoms with van der Waals surface area (Å²) in [5.74, 6) is -0.471. The van der Waals surface area contributed by atoms with E-state index < -0.39 is 5.79 Å². The molecule has 188 valence electrons. The first kappa shape index (κ1) is 24.6. The molecule has 1 fully saturated rings. The summed E-state index contributed by atoms with van der Waals surface area (Å²) in [5, 5.41) is 5.15.